The molecule has 0 aromatic carbocycles. The maximum Gasteiger partial charge on any atom is 0.185 e. The van der Waals surface area contributed by atoms with E-state index in [0.29, 0.717) is 29.3 Å². The second-order valence-corrected chi connectivity index (χ2v) is 7.54. The van der Waals surface area contributed by atoms with Gasteiger partial charge in [0.1, 0.15) is 11.4 Å². The highest BCUT2D eigenvalue weighted by atomic mass is 35.5. The Labute approximate surface area is 170 Å². The van der Waals surface area contributed by atoms with Crippen LogP contribution in [0.3, 0.4) is 0 Å². The molecule has 6 nitrogen and oxygen atoms in total. The predicted octanol–water partition coefficient (Wildman–Crippen LogP) is 4.02. The molecule has 0 atom stereocenters. The Morgan fingerprint density at radius 3 is 2.43 bits per heavy atom. The van der Waals surface area contributed by atoms with Crippen molar-refractivity contribution in [1.82, 2.24) is 9.97 Å². The lowest BCUT2D eigenvalue weighted by molar-refractivity contribution is 0.0969. The van der Waals surface area contributed by atoms with Crippen LogP contribution in [0.4, 0.5) is 11.4 Å². The Bertz CT molecular complexity index is 942. The van der Waals surface area contributed by atoms with E-state index in [0.717, 1.165) is 42.3 Å². The number of rotatable bonds is 1. The van der Waals surface area contributed by atoms with E-state index in [1.165, 1.54) is 5.56 Å². The maximum absolute atomic E-state index is 11.6. The third-order valence-corrected chi connectivity index (χ3v) is 5.21. The number of pyridine rings is 2. The number of aryl methyl sites for hydroxylation is 3. The maximum atomic E-state index is 11.6. The fourth-order valence-corrected chi connectivity index (χ4v) is 3.91. The Morgan fingerprint density at radius 1 is 1.07 bits per heavy atom. The lowest BCUT2D eigenvalue weighted by atomic mass is 10.0. The fourth-order valence-electron chi connectivity index (χ4n) is 3.52. The van der Waals surface area contributed by atoms with Crippen LogP contribution in [-0.2, 0) is 6.42 Å². The first kappa shape index (κ1) is 20.3. The average Bonchev–Trinajstić information content (AvgIpc) is 2.65. The van der Waals surface area contributed by atoms with E-state index in [2.05, 4.69) is 22.2 Å². The lowest BCUT2D eigenvalue weighted by Gasteiger charge is -2.26. The van der Waals surface area contributed by atoms with Crippen LogP contribution in [0.5, 0.6) is 0 Å². The van der Waals surface area contributed by atoms with Gasteiger partial charge in [-0.15, -0.1) is 0 Å². The van der Waals surface area contributed by atoms with Crippen molar-refractivity contribution in [2.24, 2.45) is 0 Å². The van der Waals surface area contributed by atoms with Gasteiger partial charge in [-0.1, -0.05) is 18.5 Å². The topological polar surface area (TPSA) is 75.2 Å². The minimum Gasteiger partial charge on any atom is -0.383 e. The molecule has 0 amide bonds. The number of ketones is 2. The number of anilines is 2. The van der Waals surface area contributed by atoms with E-state index in [4.69, 9.17) is 11.6 Å². The zero-order chi connectivity index (χ0) is 20.4. The average molecular weight is 401 g/mol. The van der Waals surface area contributed by atoms with Gasteiger partial charge in [0.05, 0.1) is 16.4 Å². The van der Waals surface area contributed by atoms with Crippen molar-refractivity contribution in [1.29, 1.82) is 0 Å². The summed E-state index contributed by atoms with van der Waals surface area (Å²) in [6.45, 7) is 7.32. The van der Waals surface area contributed by atoms with Crippen molar-refractivity contribution in [3.8, 4) is 0 Å². The van der Waals surface area contributed by atoms with Gasteiger partial charge in [0.2, 0.25) is 0 Å². The van der Waals surface area contributed by atoms with Crippen molar-refractivity contribution in [2.45, 2.75) is 40.0 Å². The lowest BCUT2D eigenvalue weighted by Crippen LogP contribution is -2.29. The summed E-state index contributed by atoms with van der Waals surface area (Å²) in [6.07, 6.45) is 2.02. The van der Waals surface area contributed by atoms with Gasteiger partial charge in [-0.3, -0.25) is 9.59 Å². The third-order valence-electron chi connectivity index (χ3n) is 4.92. The molecular weight excluding hydrogens is 376 g/mol. The van der Waals surface area contributed by atoms with Crippen LogP contribution in [0.25, 0.3) is 0 Å². The number of nitrogens with zero attached hydrogens (tertiary/aromatic N) is 3. The zero-order valence-electron chi connectivity index (χ0n) is 16.7. The first-order chi connectivity index (χ1) is 13.3. The Morgan fingerprint density at radius 2 is 1.71 bits per heavy atom. The Hall–Kier alpha value is -2.47. The molecule has 0 radical (unpaired) electrons. The van der Waals surface area contributed by atoms with Crippen molar-refractivity contribution in [2.75, 3.05) is 30.4 Å². The third kappa shape index (κ3) is 4.02. The summed E-state index contributed by atoms with van der Waals surface area (Å²) in [4.78, 5) is 33.7. The van der Waals surface area contributed by atoms with Crippen molar-refractivity contribution < 1.29 is 9.59 Å². The van der Waals surface area contributed by atoms with Crippen LogP contribution in [0, 0.1) is 13.8 Å². The van der Waals surface area contributed by atoms with E-state index in [9.17, 15) is 9.59 Å². The molecule has 4 rings (SSSR count). The summed E-state index contributed by atoms with van der Waals surface area (Å²) in [7, 11) is 1.92. The van der Waals surface area contributed by atoms with E-state index in [1.807, 2.05) is 31.9 Å². The SMILES string of the molecule is CCc1cc(C)nc2c1NCCC2=O.Cc1cc(Cl)c2c(n1)C(=O)CCN2C. The number of fused-ring (bicyclic) bond motifs is 2. The fraction of sp³-hybridized carbons (Fsp3) is 0.429. The van der Waals surface area contributed by atoms with E-state index < -0.39 is 0 Å². The molecule has 2 aromatic rings. The molecule has 0 fully saturated rings. The number of hydrogen-bond acceptors (Lipinski definition) is 6. The van der Waals surface area contributed by atoms with Gasteiger partial charge in [-0.05, 0) is 38.0 Å². The van der Waals surface area contributed by atoms with Gasteiger partial charge in [0.25, 0.3) is 0 Å². The number of nitrogens with one attached hydrogen (secondary N) is 1. The molecule has 0 saturated carbocycles. The molecule has 0 aliphatic carbocycles. The first-order valence-electron chi connectivity index (χ1n) is 9.50. The van der Waals surface area contributed by atoms with Crippen LogP contribution >= 0.6 is 11.6 Å². The number of aromatic nitrogens is 2. The molecule has 0 spiro atoms. The van der Waals surface area contributed by atoms with Crippen LogP contribution in [0.1, 0.15) is 57.7 Å². The van der Waals surface area contributed by atoms with E-state index in [-0.39, 0.29) is 11.6 Å². The van der Waals surface area contributed by atoms with Gasteiger partial charge < -0.3 is 10.2 Å². The summed E-state index contributed by atoms with van der Waals surface area (Å²) in [6, 6.07) is 3.83. The minimum absolute atomic E-state index is 0.0868. The van der Waals surface area contributed by atoms with Gasteiger partial charge in [-0.25, -0.2) is 9.97 Å². The van der Waals surface area contributed by atoms with E-state index >= 15 is 0 Å². The molecule has 148 valence electrons. The summed E-state index contributed by atoms with van der Waals surface area (Å²) < 4.78 is 0. The monoisotopic (exact) mass is 400 g/mol. The quantitative estimate of drug-likeness (QED) is 0.779. The van der Waals surface area contributed by atoms with Gasteiger partial charge in [-0.2, -0.15) is 0 Å². The van der Waals surface area contributed by atoms with Crippen molar-refractivity contribution >= 4 is 34.5 Å². The molecule has 0 bridgehead atoms. The van der Waals surface area contributed by atoms with E-state index in [1.54, 1.807) is 6.07 Å². The second-order valence-electron chi connectivity index (χ2n) is 7.14. The summed E-state index contributed by atoms with van der Waals surface area (Å²) in [5, 5.41) is 3.87. The number of halogens is 1. The number of carbonyl (C=O) groups excluding carboxylic acids is 2. The molecule has 1 N–H and O–H groups in total. The van der Waals surface area contributed by atoms with Crippen LogP contribution in [0.2, 0.25) is 5.02 Å². The van der Waals surface area contributed by atoms with Gasteiger partial charge in [0, 0.05) is 44.4 Å². The highest BCUT2D eigenvalue weighted by Crippen LogP contribution is 2.32. The Kier molecular flexibility index (Phi) is 5.98. The molecular formula is C21H25ClN4O2. The molecule has 2 aliphatic heterocycles. The summed E-state index contributed by atoms with van der Waals surface area (Å²) in [5.74, 6) is 0.251. The molecule has 28 heavy (non-hydrogen) atoms. The summed E-state index contributed by atoms with van der Waals surface area (Å²) >= 11 is 6.07. The molecule has 7 heteroatoms. The number of Topliss-reactive ketones (excluding diaryl/α,β-unsaturated/α-hetero) is 2. The smallest absolute Gasteiger partial charge is 0.185 e. The minimum atomic E-state index is 0.0868. The van der Waals surface area contributed by atoms with Crippen LogP contribution in [0.15, 0.2) is 12.1 Å². The van der Waals surface area contributed by atoms with Crippen LogP contribution in [-0.4, -0.2) is 41.7 Å². The largest absolute Gasteiger partial charge is 0.383 e. The zero-order valence-corrected chi connectivity index (χ0v) is 17.5. The molecule has 4 heterocycles. The highest BCUT2D eigenvalue weighted by molar-refractivity contribution is 6.34. The standard InChI is InChI=1S/C11H14N2O.C10H11ClN2O/c1-3-8-6-7(2)13-11-9(14)4-5-12-10(8)11;1-6-5-7(11)10-9(12-6)8(14)3-4-13(10)2/h6,12H,3-5H2,1-2H3;5H,3-4H2,1-2H3. The number of hydrogen-bond donors (Lipinski definition) is 1. The van der Waals surface area contributed by atoms with Crippen LogP contribution < -0.4 is 10.2 Å². The van der Waals surface area contributed by atoms with Gasteiger partial charge in [0.15, 0.2) is 11.6 Å². The Balaban J connectivity index is 0.000000161. The van der Waals surface area contributed by atoms with Gasteiger partial charge >= 0.3 is 0 Å². The molecule has 2 aromatic heterocycles. The normalized spacial score (nSPS) is 15.2. The predicted molar refractivity (Wildman–Crippen MR) is 112 cm³/mol. The highest BCUT2D eigenvalue weighted by Gasteiger charge is 2.25. The van der Waals surface area contributed by atoms with Crippen molar-refractivity contribution in [3.05, 3.63) is 45.5 Å². The molecule has 0 saturated heterocycles. The molecule has 2 aliphatic rings. The second kappa shape index (κ2) is 8.27. The molecule has 0 unspecified atom stereocenters. The summed E-state index contributed by atoms with van der Waals surface area (Å²) in [5.41, 5.74) is 5.79. The number of carbonyl (C=O) groups is 2. The first-order valence-corrected chi connectivity index (χ1v) is 9.88. The van der Waals surface area contributed by atoms with Crippen molar-refractivity contribution in [3.63, 3.8) is 0 Å².